The Balaban J connectivity index is 2.08. The maximum absolute atomic E-state index is 12.1. The Hall–Kier alpha value is -0.620. The van der Waals surface area contributed by atoms with Gasteiger partial charge in [-0.1, -0.05) is 0 Å². The average Bonchev–Trinajstić information content (AvgIpc) is 2.81. The Morgan fingerprint density at radius 3 is 2.69 bits per heavy atom. The van der Waals surface area contributed by atoms with Crippen molar-refractivity contribution < 1.29 is 4.79 Å². The Morgan fingerprint density at radius 1 is 1.44 bits per heavy atom. The van der Waals surface area contributed by atoms with Gasteiger partial charge in [-0.25, -0.2) is 0 Å². The zero-order valence-electron chi connectivity index (χ0n) is 9.24. The summed E-state index contributed by atoms with van der Waals surface area (Å²) >= 11 is 2.24. The first-order valence-corrected chi connectivity index (χ1v) is 6.50. The van der Waals surface area contributed by atoms with Crippen LogP contribution in [0.25, 0.3) is 0 Å². The van der Waals surface area contributed by atoms with Crippen LogP contribution in [-0.2, 0) is 0 Å². The van der Waals surface area contributed by atoms with Crippen molar-refractivity contribution in [2.45, 2.75) is 12.5 Å². The SMILES string of the molecule is CN(C(=O)c1ccc(I)cc1)[C@H]1CCNC1. The highest BCUT2D eigenvalue weighted by Gasteiger charge is 2.23. The summed E-state index contributed by atoms with van der Waals surface area (Å²) < 4.78 is 1.15. The number of hydrogen-bond donors (Lipinski definition) is 1. The number of likely N-dealkylation sites (N-methyl/N-ethyl adjacent to an activating group) is 1. The number of rotatable bonds is 2. The smallest absolute Gasteiger partial charge is 0.253 e. The molecule has 0 unspecified atom stereocenters. The van der Waals surface area contributed by atoms with E-state index in [0.717, 1.165) is 28.6 Å². The lowest BCUT2D eigenvalue weighted by Crippen LogP contribution is -2.38. The van der Waals surface area contributed by atoms with E-state index >= 15 is 0 Å². The van der Waals surface area contributed by atoms with E-state index in [4.69, 9.17) is 0 Å². The second kappa shape index (κ2) is 5.14. The Labute approximate surface area is 109 Å². The van der Waals surface area contributed by atoms with E-state index in [1.807, 2.05) is 36.2 Å². The summed E-state index contributed by atoms with van der Waals surface area (Å²) in [6.45, 7) is 1.92. The van der Waals surface area contributed by atoms with Crippen LogP contribution in [0.2, 0.25) is 0 Å². The summed E-state index contributed by atoms with van der Waals surface area (Å²) in [5.41, 5.74) is 0.773. The summed E-state index contributed by atoms with van der Waals surface area (Å²) in [5.74, 6) is 0.116. The minimum atomic E-state index is 0.116. The molecule has 4 heteroatoms. The minimum Gasteiger partial charge on any atom is -0.337 e. The van der Waals surface area contributed by atoms with Gasteiger partial charge in [0.1, 0.15) is 0 Å². The van der Waals surface area contributed by atoms with Crippen LogP contribution in [0.5, 0.6) is 0 Å². The first-order chi connectivity index (χ1) is 7.68. The van der Waals surface area contributed by atoms with Gasteiger partial charge < -0.3 is 10.2 Å². The molecule has 1 fully saturated rings. The molecule has 1 aliphatic rings. The zero-order valence-corrected chi connectivity index (χ0v) is 11.4. The molecule has 1 amide bonds. The molecule has 2 rings (SSSR count). The largest absolute Gasteiger partial charge is 0.337 e. The number of hydrogen-bond acceptors (Lipinski definition) is 2. The van der Waals surface area contributed by atoms with Gasteiger partial charge in [0.25, 0.3) is 5.91 Å². The van der Waals surface area contributed by atoms with Gasteiger partial charge in [0, 0.05) is 28.8 Å². The minimum absolute atomic E-state index is 0.116. The molecule has 0 aliphatic carbocycles. The van der Waals surface area contributed by atoms with Crippen molar-refractivity contribution in [2.75, 3.05) is 20.1 Å². The van der Waals surface area contributed by atoms with Gasteiger partial charge in [-0.05, 0) is 59.8 Å². The zero-order chi connectivity index (χ0) is 11.5. The van der Waals surface area contributed by atoms with Gasteiger partial charge in [-0.2, -0.15) is 0 Å². The molecule has 3 nitrogen and oxygen atoms in total. The summed E-state index contributed by atoms with van der Waals surface area (Å²) in [4.78, 5) is 14.0. The summed E-state index contributed by atoms with van der Waals surface area (Å²) in [6.07, 6.45) is 1.05. The van der Waals surface area contributed by atoms with Crippen LogP contribution in [0.1, 0.15) is 16.8 Å². The van der Waals surface area contributed by atoms with Crippen LogP contribution in [0.15, 0.2) is 24.3 Å². The van der Waals surface area contributed by atoms with Crippen LogP contribution >= 0.6 is 22.6 Å². The molecule has 0 spiro atoms. The predicted octanol–water partition coefficient (Wildman–Crippen LogP) is 1.73. The van der Waals surface area contributed by atoms with Crippen LogP contribution in [0.4, 0.5) is 0 Å². The van der Waals surface area contributed by atoms with Crippen molar-refractivity contribution >= 4 is 28.5 Å². The van der Waals surface area contributed by atoms with E-state index in [-0.39, 0.29) is 5.91 Å². The van der Waals surface area contributed by atoms with Crippen LogP contribution in [0.3, 0.4) is 0 Å². The molecule has 1 aliphatic heterocycles. The van der Waals surface area contributed by atoms with Crippen molar-refractivity contribution in [3.05, 3.63) is 33.4 Å². The third-order valence-electron chi connectivity index (χ3n) is 2.99. The molecule has 1 N–H and O–H groups in total. The van der Waals surface area contributed by atoms with E-state index in [9.17, 15) is 4.79 Å². The van der Waals surface area contributed by atoms with Crippen LogP contribution in [0, 0.1) is 3.57 Å². The lowest BCUT2D eigenvalue weighted by atomic mass is 10.1. The molecular formula is C12H15IN2O. The topological polar surface area (TPSA) is 32.3 Å². The molecule has 1 aromatic carbocycles. The normalized spacial score (nSPS) is 19.8. The monoisotopic (exact) mass is 330 g/mol. The molecular weight excluding hydrogens is 315 g/mol. The number of halogens is 1. The first-order valence-electron chi connectivity index (χ1n) is 5.42. The highest BCUT2D eigenvalue weighted by Crippen LogP contribution is 2.13. The first kappa shape index (κ1) is 11.9. The summed E-state index contributed by atoms with van der Waals surface area (Å²) in [7, 11) is 1.89. The number of nitrogens with one attached hydrogen (secondary N) is 1. The molecule has 0 aromatic heterocycles. The quantitative estimate of drug-likeness (QED) is 0.838. The standard InChI is InChI=1S/C12H15IN2O/c1-15(11-6-7-14-8-11)12(16)9-2-4-10(13)5-3-9/h2-5,11,14H,6-8H2,1H3/t11-/m0/s1. The molecule has 0 saturated carbocycles. The lowest BCUT2D eigenvalue weighted by Gasteiger charge is -2.23. The summed E-state index contributed by atoms with van der Waals surface area (Å²) in [6, 6.07) is 8.06. The van der Waals surface area contributed by atoms with Crippen molar-refractivity contribution in [3.63, 3.8) is 0 Å². The highest BCUT2D eigenvalue weighted by molar-refractivity contribution is 14.1. The van der Waals surface area contributed by atoms with Crippen molar-refractivity contribution in [3.8, 4) is 0 Å². The maximum Gasteiger partial charge on any atom is 0.253 e. The average molecular weight is 330 g/mol. The van der Waals surface area contributed by atoms with Gasteiger partial charge >= 0.3 is 0 Å². The number of nitrogens with zero attached hydrogens (tertiary/aromatic N) is 1. The van der Waals surface area contributed by atoms with Gasteiger partial charge in [-0.15, -0.1) is 0 Å². The maximum atomic E-state index is 12.1. The van der Waals surface area contributed by atoms with Gasteiger partial charge in [0.15, 0.2) is 0 Å². The molecule has 1 aromatic rings. The van der Waals surface area contributed by atoms with Crippen molar-refractivity contribution in [2.24, 2.45) is 0 Å². The van der Waals surface area contributed by atoms with E-state index in [0.29, 0.717) is 6.04 Å². The third-order valence-corrected chi connectivity index (χ3v) is 3.71. The van der Waals surface area contributed by atoms with Gasteiger partial charge in [0.2, 0.25) is 0 Å². The van der Waals surface area contributed by atoms with Gasteiger partial charge in [0.05, 0.1) is 0 Å². The molecule has 1 saturated heterocycles. The Bertz CT molecular complexity index is 371. The fraction of sp³-hybridized carbons (Fsp3) is 0.417. The van der Waals surface area contributed by atoms with Crippen LogP contribution in [-0.4, -0.2) is 37.0 Å². The number of carbonyl (C=O) groups excluding carboxylic acids is 1. The van der Waals surface area contributed by atoms with Crippen molar-refractivity contribution in [1.82, 2.24) is 10.2 Å². The van der Waals surface area contributed by atoms with E-state index in [1.165, 1.54) is 0 Å². The molecule has 0 radical (unpaired) electrons. The fourth-order valence-electron chi connectivity index (χ4n) is 1.93. The Morgan fingerprint density at radius 2 is 2.12 bits per heavy atom. The predicted molar refractivity (Wildman–Crippen MR) is 72.5 cm³/mol. The highest BCUT2D eigenvalue weighted by atomic mass is 127. The molecule has 0 bridgehead atoms. The number of benzene rings is 1. The fourth-order valence-corrected chi connectivity index (χ4v) is 2.29. The van der Waals surface area contributed by atoms with Gasteiger partial charge in [-0.3, -0.25) is 4.79 Å². The third kappa shape index (κ3) is 2.55. The second-order valence-electron chi connectivity index (χ2n) is 4.07. The lowest BCUT2D eigenvalue weighted by molar-refractivity contribution is 0.0744. The Kier molecular flexibility index (Phi) is 3.81. The number of amides is 1. The van der Waals surface area contributed by atoms with Crippen molar-refractivity contribution in [1.29, 1.82) is 0 Å². The summed E-state index contributed by atoms with van der Waals surface area (Å²) in [5, 5.41) is 3.27. The van der Waals surface area contributed by atoms with Crippen LogP contribution < -0.4 is 5.32 Å². The van der Waals surface area contributed by atoms with E-state index in [1.54, 1.807) is 0 Å². The van der Waals surface area contributed by atoms with E-state index < -0.39 is 0 Å². The van der Waals surface area contributed by atoms with E-state index in [2.05, 4.69) is 27.9 Å². The molecule has 16 heavy (non-hydrogen) atoms. The molecule has 86 valence electrons. The number of carbonyl (C=O) groups is 1. The second-order valence-corrected chi connectivity index (χ2v) is 5.32. The molecule has 1 atom stereocenters. The molecule has 1 heterocycles.